The molecule has 2 N–H and O–H groups in total. The largest absolute Gasteiger partial charge is 0.350 e. The van der Waals surface area contributed by atoms with Crippen molar-refractivity contribution in [1.82, 2.24) is 10.6 Å². The molecule has 0 spiro atoms. The third-order valence-electron chi connectivity index (χ3n) is 10.9. The highest BCUT2D eigenvalue weighted by Gasteiger charge is 2.24. The van der Waals surface area contributed by atoms with Crippen LogP contribution in [0.25, 0.3) is 0 Å². The van der Waals surface area contributed by atoms with Crippen LogP contribution in [0.1, 0.15) is 245 Å². The van der Waals surface area contributed by atoms with E-state index < -0.39 is 0 Å². The quantitative estimate of drug-likeness (QED) is 0.0503. The lowest BCUT2D eigenvalue weighted by Crippen LogP contribution is -2.37. The number of hydrogen-bond acceptors (Lipinski definition) is 2. The first-order valence-electron chi connectivity index (χ1n) is 22.4. The zero-order chi connectivity index (χ0) is 34.4. The average molecular weight is 675 g/mol. The summed E-state index contributed by atoms with van der Waals surface area (Å²) in [6, 6.07) is 0. The molecule has 0 aromatic carbocycles. The topological polar surface area (TPSA) is 44.1 Å². The van der Waals surface area contributed by atoms with Crippen molar-refractivity contribution in [2.45, 2.75) is 251 Å². The number of carbonyl (C=O) groups excluding carboxylic acids is 1. The van der Waals surface area contributed by atoms with Gasteiger partial charge in [0.25, 0.3) is 0 Å². The molecule has 1 atom stereocenters. The zero-order valence-electron chi connectivity index (χ0n) is 33.1. The van der Waals surface area contributed by atoms with Crippen LogP contribution in [0.15, 0.2) is 0 Å². The Hall–Kier alpha value is -0.900. The molecular formula is C44H88N3O+. The molecule has 0 saturated heterocycles. The van der Waals surface area contributed by atoms with Crippen molar-refractivity contribution in [1.29, 1.82) is 0 Å². The van der Waals surface area contributed by atoms with Crippen LogP contribution in [-0.2, 0) is 4.79 Å². The maximum absolute atomic E-state index is 12.3. The van der Waals surface area contributed by atoms with E-state index in [9.17, 15) is 4.79 Å². The number of amides is 1. The van der Waals surface area contributed by atoms with Crippen LogP contribution in [0.2, 0.25) is 0 Å². The van der Waals surface area contributed by atoms with Crippen molar-refractivity contribution in [3.8, 4) is 0 Å². The summed E-state index contributed by atoms with van der Waals surface area (Å²) in [5, 5.41) is 6.83. The Labute approximate surface area is 302 Å². The molecular weight excluding hydrogens is 587 g/mol. The second-order valence-corrected chi connectivity index (χ2v) is 15.5. The van der Waals surface area contributed by atoms with E-state index >= 15 is 0 Å². The molecule has 1 aliphatic rings. The van der Waals surface area contributed by atoms with Crippen molar-refractivity contribution < 1.29 is 9.37 Å². The van der Waals surface area contributed by atoms with Gasteiger partial charge in [-0.2, -0.15) is 0 Å². The fourth-order valence-corrected chi connectivity index (χ4v) is 7.55. The third-order valence-corrected chi connectivity index (χ3v) is 10.9. The second-order valence-electron chi connectivity index (χ2n) is 15.5. The van der Waals surface area contributed by atoms with Gasteiger partial charge in [-0.3, -0.25) is 4.79 Å². The summed E-state index contributed by atoms with van der Waals surface area (Å²) >= 11 is 0. The lowest BCUT2D eigenvalue weighted by molar-refractivity contribution is -0.558. The van der Waals surface area contributed by atoms with E-state index in [2.05, 4.69) is 35.3 Å². The van der Waals surface area contributed by atoms with Crippen LogP contribution in [0.3, 0.4) is 0 Å². The van der Waals surface area contributed by atoms with E-state index in [0.29, 0.717) is 12.6 Å². The van der Waals surface area contributed by atoms with E-state index in [1.54, 1.807) is 0 Å². The van der Waals surface area contributed by atoms with Gasteiger partial charge in [0.15, 0.2) is 12.8 Å². The lowest BCUT2D eigenvalue weighted by atomic mass is 10.0. The zero-order valence-corrected chi connectivity index (χ0v) is 33.1. The number of unbranched alkanes of at least 4 members (excludes halogenated alkanes) is 32. The van der Waals surface area contributed by atoms with Crippen molar-refractivity contribution in [3.05, 3.63) is 0 Å². The van der Waals surface area contributed by atoms with Gasteiger partial charge in [0.05, 0.1) is 13.1 Å². The van der Waals surface area contributed by atoms with Crippen molar-refractivity contribution in [3.63, 3.8) is 0 Å². The second kappa shape index (κ2) is 37.4. The first-order valence-corrected chi connectivity index (χ1v) is 22.4. The number of carbonyl (C=O) groups is 1. The highest BCUT2D eigenvalue weighted by atomic mass is 16.1. The van der Waals surface area contributed by atoms with Crippen LogP contribution >= 0.6 is 0 Å². The minimum Gasteiger partial charge on any atom is -0.350 e. The highest BCUT2D eigenvalue weighted by molar-refractivity contribution is 5.75. The van der Waals surface area contributed by atoms with Gasteiger partial charge in [0.1, 0.15) is 0 Å². The van der Waals surface area contributed by atoms with E-state index in [4.69, 9.17) is 0 Å². The van der Waals surface area contributed by atoms with Crippen LogP contribution in [0, 0.1) is 0 Å². The maximum Gasteiger partial charge on any atom is 0.220 e. The van der Waals surface area contributed by atoms with Gasteiger partial charge >= 0.3 is 0 Å². The minimum absolute atomic E-state index is 0.243. The first-order chi connectivity index (χ1) is 23.8. The SMILES string of the molecule is CCCCCCCCCCCCCCCCCCCCCC1NCC=[N+]1CCNC(=O)CCCCCCCCCCCCCCCCC. The Morgan fingerprint density at radius 3 is 1.23 bits per heavy atom. The molecule has 1 heterocycles. The Morgan fingerprint density at radius 1 is 0.521 bits per heavy atom. The summed E-state index contributed by atoms with van der Waals surface area (Å²) in [5.74, 6) is 0.243. The summed E-state index contributed by atoms with van der Waals surface area (Å²) in [5.41, 5.74) is 0. The maximum atomic E-state index is 12.3. The van der Waals surface area contributed by atoms with Gasteiger partial charge in [-0.1, -0.05) is 219 Å². The Balaban J connectivity index is 1.82. The van der Waals surface area contributed by atoms with Crippen LogP contribution in [0.4, 0.5) is 0 Å². The van der Waals surface area contributed by atoms with Crippen molar-refractivity contribution >= 4 is 12.1 Å². The average Bonchev–Trinajstić information content (AvgIpc) is 3.54. The Kier molecular flexibility index (Phi) is 35.1. The van der Waals surface area contributed by atoms with Gasteiger partial charge in [0.2, 0.25) is 12.1 Å². The third kappa shape index (κ3) is 31.1. The predicted octanol–water partition coefficient (Wildman–Crippen LogP) is 13.2. The molecule has 1 rings (SSSR count). The van der Waals surface area contributed by atoms with Crippen molar-refractivity contribution in [2.24, 2.45) is 0 Å². The molecule has 0 radical (unpaired) electrons. The van der Waals surface area contributed by atoms with Crippen LogP contribution in [-0.4, -0.2) is 42.5 Å². The van der Waals surface area contributed by atoms with E-state index in [-0.39, 0.29) is 5.91 Å². The summed E-state index contributed by atoms with van der Waals surface area (Å²) in [6.07, 6.45) is 52.4. The molecule has 0 fully saturated rings. The van der Waals surface area contributed by atoms with E-state index in [0.717, 1.165) is 26.1 Å². The molecule has 1 aliphatic heterocycles. The van der Waals surface area contributed by atoms with Gasteiger partial charge in [0, 0.05) is 12.8 Å². The number of nitrogens with zero attached hydrogens (tertiary/aromatic N) is 1. The monoisotopic (exact) mass is 675 g/mol. The summed E-state index contributed by atoms with van der Waals surface area (Å²) in [6.45, 7) is 7.27. The fraction of sp³-hybridized carbons (Fsp3) is 0.955. The van der Waals surface area contributed by atoms with Crippen LogP contribution in [0.5, 0.6) is 0 Å². The fourth-order valence-electron chi connectivity index (χ4n) is 7.55. The van der Waals surface area contributed by atoms with E-state index in [1.807, 2.05) is 0 Å². The minimum atomic E-state index is 0.243. The normalized spacial score (nSPS) is 14.5. The molecule has 0 bridgehead atoms. The molecule has 1 unspecified atom stereocenters. The van der Waals surface area contributed by atoms with Gasteiger partial charge in [-0.25, -0.2) is 9.89 Å². The summed E-state index contributed by atoms with van der Waals surface area (Å²) < 4.78 is 2.43. The standard InChI is InChI=1S/C44H87N3O/c1-3-5-7-9-11-13-15-17-19-20-21-22-24-25-27-29-31-33-35-37-43-45-39-41-47(43)42-40-46-44(48)38-36-34-32-30-28-26-23-18-16-14-12-10-8-6-4-2/h41,43,45H,3-40,42H2,1-2H3/p+1. The van der Waals surface area contributed by atoms with Crippen molar-refractivity contribution in [2.75, 3.05) is 19.6 Å². The number of nitrogens with one attached hydrogen (secondary N) is 2. The molecule has 0 aliphatic carbocycles. The predicted molar refractivity (Wildman–Crippen MR) is 214 cm³/mol. The summed E-state index contributed by atoms with van der Waals surface area (Å²) in [7, 11) is 0. The molecule has 1 amide bonds. The smallest absolute Gasteiger partial charge is 0.220 e. The first kappa shape index (κ1) is 45.1. The molecule has 4 nitrogen and oxygen atoms in total. The molecule has 0 aromatic heterocycles. The van der Waals surface area contributed by atoms with Gasteiger partial charge in [-0.05, 0) is 12.8 Å². The Morgan fingerprint density at radius 2 is 0.854 bits per heavy atom. The summed E-state index contributed by atoms with van der Waals surface area (Å²) in [4.78, 5) is 12.3. The number of rotatable bonds is 39. The molecule has 284 valence electrons. The molecule has 0 saturated carbocycles. The van der Waals surface area contributed by atoms with E-state index in [1.165, 1.54) is 218 Å². The lowest BCUT2D eigenvalue weighted by Gasteiger charge is -2.12. The molecule has 48 heavy (non-hydrogen) atoms. The molecule has 4 heteroatoms. The molecule has 0 aromatic rings. The highest BCUT2D eigenvalue weighted by Crippen LogP contribution is 2.16. The number of hydrogen-bond donors (Lipinski definition) is 2. The van der Waals surface area contributed by atoms with Gasteiger partial charge in [-0.15, -0.1) is 0 Å². The Bertz CT molecular complexity index is 693. The van der Waals surface area contributed by atoms with Crippen LogP contribution < -0.4 is 10.6 Å². The van der Waals surface area contributed by atoms with Gasteiger partial charge < -0.3 is 5.32 Å².